The number of amides is 1. The minimum absolute atomic E-state index is 0.00923. The number of hydrogen-bond donors (Lipinski definition) is 1. The maximum Gasteiger partial charge on any atom is 0.254 e. The minimum atomic E-state index is -0.573. The molecule has 1 aliphatic heterocycles. The van der Waals surface area contributed by atoms with Crippen LogP contribution in [0.4, 0.5) is 8.78 Å². The molecular weight excluding hydrogens is 314 g/mol. The van der Waals surface area contributed by atoms with Gasteiger partial charge in [-0.25, -0.2) is 8.78 Å². The lowest BCUT2D eigenvalue weighted by Crippen LogP contribution is -2.47. The van der Waals surface area contributed by atoms with E-state index in [-0.39, 0.29) is 11.9 Å². The molecule has 1 amide bonds. The van der Waals surface area contributed by atoms with E-state index in [9.17, 15) is 13.6 Å². The van der Waals surface area contributed by atoms with E-state index in [0.29, 0.717) is 24.2 Å². The molecule has 7 heteroatoms. The molecule has 2 heterocycles. The Kier molecular flexibility index (Phi) is 4.89. The summed E-state index contributed by atoms with van der Waals surface area (Å²) < 4.78 is 28.4. The third-order valence-corrected chi connectivity index (χ3v) is 4.22. The van der Waals surface area contributed by atoms with Crippen LogP contribution in [0.5, 0.6) is 0 Å². The molecule has 1 N–H and O–H groups in total. The van der Waals surface area contributed by atoms with Crippen LogP contribution in [0.1, 0.15) is 28.8 Å². The predicted octanol–water partition coefficient (Wildman–Crippen LogP) is 2.09. The zero-order valence-corrected chi connectivity index (χ0v) is 13.5. The van der Waals surface area contributed by atoms with Gasteiger partial charge in [-0.2, -0.15) is 5.10 Å². The highest BCUT2D eigenvalue weighted by Crippen LogP contribution is 2.17. The monoisotopic (exact) mass is 334 g/mol. The van der Waals surface area contributed by atoms with Crippen molar-refractivity contribution in [2.24, 2.45) is 7.05 Å². The summed E-state index contributed by atoms with van der Waals surface area (Å²) in [6, 6.07) is 3.66. The number of carbonyl (C=O) groups excluding carboxylic acids is 1. The highest BCUT2D eigenvalue weighted by Gasteiger charge is 2.23. The third-order valence-electron chi connectivity index (χ3n) is 4.22. The van der Waals surface area contributed by atoms with Gasteiger partial charge in [0.1, 0.15) is 11.6 Å². The summed E-state index contributed by atoms with van der Waals surface area (Å²) in [5.41, 5.74) is 0.995. The van der Waals surface area contributed by atoms with Crippen LogP contribution in [0, 0.1) is 11.6 Å². The maximum absolute atomic E-state index is 13.8. The summed E-state index contributed by atoms with van der Waals surface area (Å²) in [6.45, 7) is 1.88. The van der Waals surface area contributed by atoms with Gasteiger partial charge in [0.05, 0.1) is 11.8 Å². The van der Waals surface area contributed by atoms with Crippen LogP contribution >= 0.6 is 0 Å². The fourth-order valence-corrected chi connectivity index (χ4v) is 3.01. The Morgan fingerprint density at radius 2 is 2.25 bits per heavy atom. The van der Waals surface area contributed by atoms with Crippen LogP contribution in [-0.4, -0.2) is 39.7 Å². The Labute approximate surface area is 139 Å². The van der Waals surface area contributed by atoms with Crippen molar-refractivity contribution in [3.05, 3.63) is 53.4 Å². The van der Waals surface area contributed by atoms with Gasteiger partial charge >= 0.3 is 0 Å². The van der Waals surface area contributed by atoms with Crippen LogP contribution in [0.3, 0.4) is 0 Å². The van der Waals surface area contributed by atoms with E-state index in [2.05, 4.69) is 15.3 Å². The van der Waals surface area contributed by atoms with Crippen molar-refractivity contribution in [3.8, 4) is 0 Å². The Hall–Kier alpha value is -2.28. The van der Waals surface area contributed by atoms with E-state index in [1.807, 2.05) is 0 Å². The highest BCUT2D eigenvalue weighted by molar-refractivity contribution is 5.93. The smallest absolute Gasteiger partial charge is 0.254 e. The zero-order valence-electron chi connectivity index (χ0n) is 13.5. The molecule has 1 aliphatic rings. The van der Waals surface area contributed by atoms with Gasteiger partial charge in [-0.3, -0.25) is 14.4 Å². The van der Waals surface area contributed by atoms with Crippen LogP contribution in [-0.2, 0) is 13.6 Å². The largest absolute Gasteiger partial charge is 0.348 e. The fourth-order valence-electron chi connectivity index (χ4n) is 3.01. The molecule has 1 fully saturated rings. The Balaban J connectivity index is 1.59. The van der Waals surface area contributed by atoms with Crippen LogP contribution in [0.2, 0.25) is 0 Å². The minimum Gasteiger partial charge on any atom is -0.348 e. The van der Waals surface area contributed by atoms with Crippen LogP contribution < -0.4 is 5.32 Å². The molecule has 1 aromatic heterocycles. The summed E-state index contributed by atoms with van der Waals surface area (Å²) in [5, 5.41) is 6.99. The summed E-state index contributed by atoms with van der Waals surface area (Å²) in [6.07, 6.45) is 5.00. The van der Waals surface area contributed by atoms with Crippen molar-refractivity contribution in [1.82, 2.24) is 20.0 Å². The SMILES string of the molecule is Cn1cc(C(=O)NC2CCCN(Cc3ccc(F)cc3F)C2)cn1. The van der Waals surface area contributed by atoms with E-state index in [0.717, 1.165) is 25.5 Å². The maximum atomic E-state index is 13.8. The molecule has 128 valence electrons. The molecule has 0 spiro atoms. The molecule has 1 aromatic carbocycles. The van der Waals surface area contributed by atoms with Gasteiger partial charge in [0.2, 0.25) is 0 Å². The molecule has 3 rings (SSSR count). The first-order chi connectivity index (χ1) is 11.5. The summed E-state index contributed by atoms with van der Waals surface area (Å²) in [7, 11) is 1.76. The highest BCUT2D eigenvalue weighted by atomic mass is 19.1. The number of carbonyl (C=O) groups is 1. The number of benzene rings is 1. The Morgan fingerprint density at radius 3 is 2.96 bits per heavy atom. The number of halogens is 2. The number of rotatable bonds is 4. The van der Waals surface area contributed by atoms with Crippen molar-refractivity contribution in [2.45, 2.75) is 25.4 Å². The quantitative estimate of drug-likeness (QED) is 0.931. The third kappa shape index (κ3) is 3.97. The Bertz CT molecular complexity index is 731. The van der Waals surface area contributed by atoms with E-state index in [1.54, 1.807) is 17.9 Å². The van der Waals surface area contributed by atoms with Crippen molar-refractivity contribution in [3.63, 3.8) is 0 Å². The van der Waals surface area contributed by atoms with Gasteiger partial charge in [0.25, 0.3) is 5.91 Å². The first-order valence-corrected chi connectivity index (χ1v) is 7.97. The van der Waals surface area contributed by atoms with Gasteiger partial charge < -0.3 is 5.32 Å². The van der Waals surface area contributed by atoms with E-state index >= 15 is 0 Å². The first-order valence-electron chi connectivity index (χ1n) is 7.97. The molecule has 1 atom stereocenters. The lowest BCUT2D eigenvalue weighted by atomic mass is 10.0. The number of likely N-dealkylation sites (tertiary alicyclic amines) is 1. The Morgan fingerprint density at radius 1 is 1.42 bits per heavy atom. The number of aryl methyl sites for hydroxylation is 1. The number of nitrogens with one attached hydrogen (secondary N) is 1. The van der Waals surface area contributed by atoms with Crippen molar-refractivity contribution < 1.29 is 13.6 Å². The van der Waals surface area contributed by atoms with Crippen molar-refractivity contribution in [2.75, 3.05) is 13.1 Å². The van der Waals surface area contributed by atoms with Gasteiger partial charge in [-0.1, -0.05) is 6.07 Å². The number of hydrogen-bond acceptors (Lipinski definition) is 3. The predicted molar refractivity (Wildman–Crippen MR) is 85.3 cm³/mol. The summed E-state index contributed by atoms with van der Waals surface area (Å²) in [5.74, 6) is -1.25. The molecule has 24 heavy (non-hydrogen) atoms. The lowest BCUT2D eigenvalue weighted by Gasteiger charge is -2.33. The standard InChI is InChI=1S/C17H20F2N4O/c1-22-9-13(8-20-22)17(24)21-15-3-2-6-23(11-15)10-12-4-5-14(18)7-16(12)19/h4-5,7-9,15H,2-3,6,10-11H2,1H3,(H,21,24). The molecule has 0 aliphatic carbocycles. The van der Waals surface area contributed by atoms with Crippen molar-refractivity contribution >= 4 is 5.91 Å². The van der Waals surface area contributed by atoms with Crippen LogP contribution in [0.25, 0.3) is 0 Å². The summed E-state index contributed by atoms with van der Waals surface area (Å²) >= 11 is 0. The molecule has 0 radical (unpaired) electrons. The number of piperidine rings is 1. The number of aromatic nitrogens is 2. The average molecular weight is 334 g/mol. The second-order valence-electron chi connectivity index (χ2n) is 6.19. The van der Waals surface area contributed by atoms with Gasteiger partial charge in [-0.05, 0) is 25.5 Å². The van der Waals surface area contributed by atoms with E-state index < -0.39 is 11.6 Å². The molecule has 0 saturated carbocycles. The fraction of sp³-hybridized carbons (Fsp3) is 0.412. The van der Waals surface area contributed by atoms with Gasteiger partial charge in [-0.15, -0.1) is 0 Å². The molecule has 5 nitrogen and oxygen atoms in total. The second-order valence-corrected chi connectivity index (χ2v) is 6.19. The number of nitrogens with zero attached hydrogens (tertiary/aromatic N) is 3. The van der Waals surface area contributed by atoms with Crippen molar-refractivity contribution in [1.29, 1.82) is 0 Å². The van der Waals surface area contributed by atoms with E-state index in [1.165, 1.54) is 18.3 Å². The van der Waals surface area contributed by atoms with E-state index in [4.69, 9.17) is 0 Å². The second kappa shape index (κ2) is 7.09. The normalized spacial score (nSPS) is 18.5. The summed E-state index contributed by atoms with van der Waals surface area (Å²) in [4.78, 5) is 14.3. The topological polar surface area (TPSA) is 50.2 Å². The molecule has 1 saturated heterocycles. The molecular formula is C17H20F2N4O. The van der Waals surface area contributed by atoms with Gasteiger partial charge in [0.15, 0.2) is 0 Å². The zero-order chi connectivity index (χ0) is 17.1. The van der Waals surface area contributed by atoms with Crippen LogP contribution in [0.15, 0.2) is 30.6 Å². The first kappa shape index (κ1) is 16.6. The average Bonchev–Trinajstić information content (AvgIpc) is 2.97. The lowest BCUT2D eigenvalue weighted by molar-refractivity contribution is 0.0900. The van der Waals surface area contributed by atoms with Gasteiger partial charge in [0, 0.05) is 44.0 Å². The molecule has 2 aromatic rings. The molecule has 1 unspecified atom stereocenters. The molecule has 0 bridgehead atoms.